The van der Waals surface area contributed by atoms with Crippen molar-refractivity contribution in [2.24, 2.45) is 0 Å². The van der Waals surface area contributed by atoms with Crippen LogP contribution in [0.1, 0.15) is 31.8 Å². The van der Waals surface area contributed by atoms with Crippen LogP contribution >= 0.6 is 23.2 Å². The maximum absolute atomic E-state index is 11.1. The standard InChI is InChI=1S/C28H22Cl2N2O6/c1-35-27-17(13-33)9-11-23(31-27)37-15-19-5-3-7-21(25(19)29)22-8-4-6-20(26(22)30)16-38-24-12-10-18(14-34)28(32-24)36-2/h3-14H,15-16H2,1-2H3. The summed E-state index contributed by atoms with van der Waals surface area (Å²) < 4.78 is 21.9. The average molecular weight is 553 g/mol. The predicted molar refractivity (Wildman–Crippen MR) is 143 cm³/mol. The van der Waals surface area contributed by atoms with E-state index in [4.69, 9.17) is 42.1 Å². The summed E-state index contributed by atoms with van der Waals surface area (Å²) in [6.45, 7) is 0.266. The summed E-state index contributed by atoms with van der Waals surface area (Å²) in [5.74, 6) is 0.933. The third-order valence-electron chi connectivity index (χ3n) is 5.57. The van der Waals surface area contributed by atoms with Crippen molar-refractivity contribution in [2.75, 3.05) is 14.2 Å². The molecule has 4 rings (SSSR count). The molecule has 0 amide bonds. The minimum absolute atomic E-state index is 0.133. The summed E-state index contributed by atoms with van der Waals surface area (Å²) in [5, 5.41) is 0.944. The first-order valence-electron chi connectivity index (χ1n) is 11.3. The number of hydrogen-bond acceptors (Lipinski definition) is 8. The highest BCUT2D eigenvalue weighted by molar-refractivity contribution is 6.37. The van der Waals surface area contributed by atoms with Gasteiger partial charge < -0.3 is 18.9 Å². The fourth-order valence-corrected chi connectivity index (χ4v) is 4.20. The monoisotopic (exact) mass is 552 g/mol. The van der Waals surface area contributed by atoms with Gasteiger partial charge in [0, 0.05) is 34.4 Å². The van der Waals surface area contributed by atoms with Crippen LogP contribution in [0.4, 0.5) is 0 Å². The SMILES string of the molecule is COc1nc(OCc2cccc(-c3cccc(COc4ccc(C=O)c(OC)n4)c3Cl)c2Cl)ccc1C=O. The molecule has 0 aliphatic rings. The first-order valence-corrected chi connectivity index (χ1v) is 12.1. The Morgan fingerprint density at radius 1 is 0.658 bits per heavy atom. The number of aromatic nitrogens is 2. The van der Waals surface area contributed by atoms with Gasteiger partial charge in [-0.15, -0.1) is 0 Å². The predicted octanol–water partition coefficient (Wildman–Crippen LogP) is 6.25. The molecule has 0 spiro atoms. The van der Waals surface area contributed by atoms with Crippen LogP contribution in [-0.2, 0) is 13.2 Å². The number of aldehydes is 2. The van der Waals surface area contributed by atoms with E-state index < -0.39 is 0 Å². The number of halogens is 2. The minimum atomic E-state index is 0.133. The average Bonchev–Trinajstić information content (AvgIpc) is 2.95. The Kier molecular flexibility index (Phi) is 8.78. The molecule has 38 heavy (non-hydrogen) atoms. The van der Waals surface area contributed by atoms with E-state index >= 15 is 0 Å². The molecule has 0 atom stereocenters. The molecule has 8 nitrogen and oxygen atoms in total. The molecule has 0 bridgehead atoms. The third-order valence-corrected chi connectivity index (χ3v) is 6.46. The lowest BCUT2D eigenvalue weighted by molar-refractivity contribution is 0.111. The fraction of sp³-hybridized carbons (Fsp3) is 0.143. The smallest absolute Gasteiger partial charge is 0.227 e. The van der Waals surface area contributed by atoms with Gasteiger partial charge >= 0.3 is 0 Å². The van der Waals surface area contributed by atoms with Crippen LogP contribution in [0.15, 0.2) is 60.7 Å². The van der Waals surface area contributed by atoms with Gasteiger partial charge in [0.05, 0.1) is 35.4 Å². The van der Waals surface area contributed by atoms with E-state index in [1.165, 1.54) is 14.2 Å². The summed E-state index contributed by atoms with van der Waals surface area (Å²) in [7, 11) is 2.86. The number of benzene rings is 2. The number of methoxy groups -OCH3 is 2. The van der Waals surface area contributed by atoms with E-state index in [2.05, 4.69) is 9.97 Å². The molecule has 0 aliphatic carbocycles. The van der Waals surface area contributed by atoms with Gasteiger partial charge in [-0.2, -0.15) is 9.97 Å². The molecule has 0 saturated carbocycles. The summed E-state index contributed by atoms with van der Waals surface area (Å²) in [4.78, 5) is 30.6. The molecule has 2 heterocycles. The Morgan fingerprint density at radius 3 is 1.45 bits per heavy atom. The van der Waals surface area contributed by atoms with E-state index in [0.717, 1.165) is 11.1 Å². The Bertz CT molecular complexity index is 1370. The van der Waals surface area contributed by atoms with Gasteiger partial charge in [-0.1, -0.05) is 59.6 Å². The van der Waals surface area contributed by atoms with Gasteiger partial charge in [0.15, 0.2) is 12.6 Å². The molecular weight excluding hydrogens is 531 g/mol. The van der Waals surface area contributed by atoms with E-state index in [1.807, 2.05) is 36.4 Å². The number of pyridine rings is 2. The minimum Gasteiger partial charge on any atom is -0.480 e. The number of carbonyl (C=O) groups is 2. The lowest BCUT2D eigenvalue weighted by Crippen LogP contribution is -2.02. The van der Waals surface area contributed by atoms with Crippen molar-refractivity contribution >= 4 is 35.8 Å². The zero-order valence-corrected chi connectivity index (χ0v) is 22.0. The molecule has 4 aromatic rings. The second-order valence-corrected chi connectivity index (χ2v) is 8.62. The highest BCUT2D eigenvalue weighted by Crippen LogP contribution is 2.37. The number of ether oxygens (including phenoxy) is 4. The lowest BCUT2D eigenvalue weighted by Gasteiger charge is -2.15. The molecular formula is C28H22Cl2N2O6. The summed E-state index contributed by atoms with van der Waals surface area (Å²) >= 11 is 13.5. The second-order valence-electron chi connectivity index (χ2n) is 7.87. The zero-order valence-electron chi connectivity index (χ0n) is 20.4. The quantitative estimate of drug-likeness (QED) is 0.201. The molecule has 2 aromatic carbocycles. The summed E-state index contributed by atoms with van der Waals surface area (Å²) in [6, 6.07) is 17.4. The molecule has 0 N–H and O–H groups in total. The second kappa shape index (κ2) is 12.4. The van der Waals surface area contributed by atoms with Crippen molar-refractivity contribution in [3.05, 3.63) is 93.0 Å². The van der Waals surface area contributed by atoms with Gasteiger partial charge in [0.1, 0.15) is 13.2 Å². The van der Waals surface area contributed by atoms with Gasteiger partial charge in [0.25, 0.3) is 0 Å². The Labute approximate surface area is 229 Å². The van der Waals surface area contributed by atoms with Crippen molar-refractivity contribution in [2.45, 2.75) is 13.2 Å². The molecule has 0 fully saturated rings. The van der Waals surface area contributed by atoms with Crippen molar-refractivity contribution in [3.63, 3.8) is 0 Å². The van der Waals surface area contributed by atoms with Crippen molar-refractivity contribution < 1.29 is 28.5 Å². The molecule has 0 saturated heterocycles. The first kappa shape index (κ1) is 26.9. The molecule has 2 aromatic heterocycles. The van der Waals surface area contributed by atoms with E-state index in [9.17, 15) is 9.59 Å². The van der Waals surface area contributed by atoms with E-state index in [1.54, 1.807) is 24.3 Å². The molecule has 0 radical (unpaired) electrons. The van der Waals surface area contributed by atoms with E-state index in [0.29, 0.717) is 44.9 Å². The topological polar surface area (TPSA) is 96.8 Å². The highest BCUT2D eigenvalue weighted by atomic mass is 35.5. The van der Waals surface area contributed by atoms with Gasteiger partial charge in [-0.25, -0.2) is 0 Å². The summed E-state index contributed by atoms with van der Waals surface area (Å²) in [5.41, 5.74) is 3.52. The van der Waals surface area contributed by atoms with Gasteiger partial charge in [-0.05, 0) is 12.1 Å². The fourth-order valence-electron chi connectivity index (χ4n) is 3.64. The molecule has 0 unspecified atom stereocenters. The molecule has 0 aliphatic heterocycles. The van der Waals surface area contributed by atoms with Crippen molar-refractivity contribution in [1.29, 1.82) is 0 Å². The summed E-state index contributed by atoms with van der Waals surface area (Å²) in [6.07, 6.45) is 1.32. The van der Waals surface area contributed by atoms with Crippen LogP contribution in [0.5, 0.6) is 23.5 Å². The lowest BCUT2D eigenvalue weighted by atomic mass is 10.0. The van der Waals surface area contributed by atoms with Gasteiger partial charge in [0.2, 0.25) is 23.5 Å². The normalized spacial score (nSPS) is 10.5. The number of nitrogens with zero attached hydrogens (tertiary/aromatic N) is 2. The Balaban J connectivity index is 1.53. The third kappa shape index (κ3) is 5.88. The Hall–Kier alpha value is -4.14. The highest BCUT2D eigenvalue weighted by Gasteiger charge is 2.15. The largest absolute Gasteiger partial charge is 0.480 e. The van der Waals surface area contributed by atoms with Crippen LogP contribution in [0.2, 0.25) is 10.0 Å². The van der Waals surface area contributed by atoms with Crippen LogP contribution < -0.4 is 18.9 Å². The van der Waals surface area contributed by atoms with Gasteiger partial charge in [-0.3, -0.25) is 9.59 Å². The van der Waals surface area contributed by atoms with Crippen LogP contribution in [-0.4, -0.2) is 36.8 Å². The van der Waals surface area contributed by atoms with Crippen LogP contribution in [0.25, 0.3) is 11.1 Å². The van der Waals surface area contributed by atoms with Crippen LogP contribution in [0, 0.1) is 0 Å². The Morgan fingerprint density at radius 2 is 1.08 bits per heavy atom. The molecule has 10 heteroatoms. The van der Waals surface area contributed by atoms with Crippen LogP contribution in [0.3, 0.4) is 0 Å². The maximum atomic E-state index is 11.1. The first-order chi connectivity index (χ1) is 18.5. The van der Waals surface area contributed by atoms with Crippen molar-refractivity contribution in [3.8, 4) is 34.6 Å². The number of carbonyl (C=O) groups excluding carboxylic acids is 2. The van der Waals surface area contributed by atoms with E-state index in [-0.39, 0.29) is 36.7 Å². The van der Waals surface area contributed by atoms with Crippen molar-refractivity contribution in [1.82, 2.24) is 9.97 Å². The number of hydrogen-bond donors (Lipinski definition) is 0. The number of rotatable bonds is 11. The maximum Gasteiger partial charge on any atom is 0.227 e. The molecule has 194 valence electrons. The zero-order chi connectivity index (χ0) is 27.1.